The van der Waals surface area contributed by atoms with Crippen LogP contribution in [0.3, 0.4) is 0 Å². The van der Waals surface area contributed by atoms with Gasteiger partial charge in [0.25, 0.3) is 0 Å². The molecule has 0 aliphatic rings. The minimum Gasteiger partial charge on any atom is -0.360 e. The van der Waals surface area contributed by atoms with Crippen molar-refractivity contribution in [1.29, 1.82) is 0 Å². The number of aromatic amines is 1. The van der Waals surface area contributed by atoms with Crippen LogP contribution in [0.25, 0.3) is 11.3 Å². The minimum absolute atomic E-state index is 0.706. The molecule has 0 aliphatic carbocycles. The minimum atomic E-state index is 0.706. The SMILES string of the molecule is CCN=c1scc(-c2cccc(Cl)c2)n1N=Cc1ccc[nH]1. The van der Waals surface area contributed by atoms with Crippen molar-refractivity contribution < 1.29 is 0 Å². The van der Waals surface area contributed by atoms with Gasteiger partial charge in [-0.1, -0.05) is 23.7 Å². The number of nitrogens with zero attached hydrogens (tertiary/aromatic N) is 3. The quantitative estimate of drug-likeness (QED) is 0.703. The lowest BCUT2D eigenvalue weighted by Crippen LogP contribution is -2.12. The Hall–Kier alpha value is -2.11. The second-order valence-electron chi connectivity index (χ2n) is 4.57. The molecule has 0 saturated carbocycles. The molecule has 22 heavy (non-hydrogen) atoms. The van der Waals surface area contributed by atoms with E-state index in [1.54, 1.807) is 17.6 Å². The Morgan fingerprint density at radius 2 is 2.23 bits per heavy atom. The van der Waals surface area contributed by atoms with Crippen molar-refractivity contribution in [3.05, 3.63) is 63.5 Å². The molecule has 0 fully saturated rings. The van der Waals surface area contributed by atoms with E-state index in [1.807, 2.05) is 59.6 Å². The zero-order valence-electron chi connectivity index (χ0n) is 12.0. The summed E-state index contributed by atoms with van der Waals surface area (Å²) in [4.78, 5) is 8.47. The number of H-pyrrole nitrogens is 1. The first-order valence-electron chi connectivity index (χ1n) is 6.92. The van der Waals surface area contributed by atoms with Gasteiger partial charge in [0.1, 0.15) is 0 Å². The molecule has 0 bridgehead atoms. The molecule has 6 heteroatoms. The molecule has 0 saturated heterocycles. The second-order valence-corrected chi connectivity index (χ2v) is 5.84. The summed E-state index contributed by atoms with van der Waals surface area (Å²) in [6, 6.07) is 11.7. The Kier molecular flexibility index (Phi) is 4.56. The number of hydrogen-bond acceptors (Lipinski definition) is 3. The number of rotatable bonds is 4. The van der Waals surface area contributed by atoms with Crippen molar-refractivity contribution in [2.24, 2.45) is 10.1 Å². The monoisotopic (exact) mass is 330 g/mol. The highest BCUT2D eigenvalue weighted by atomic mass is 35.5. The smallest absolute Gasteiger partial charge is 0.206 e. The predicted octanol–water partition coefficient (Wildman–Crippen LogP) is 4.00. The lowest BCUT2D eigenvalue weighted by atomic mass is 10.2. The largest absolute Gasteiger partial charge is 0.360 e. The van der Waals surface area contributed by atoms with Gasteiger partial charge < -0.3 is 4.98 Å². The first-order chi connectivity index (χ1) is 10.8. The third kappa shape index (κ3) is 3.21. The average molecular weight is 331 g/mol. The van der Waals surface area contributed by atoms with Gasteiger partial charge in [0.15, 0.2) is 0 Å². The number of hydrogen-bond donors (Lipinski definition) is 1. The van der Waals surface area contributed by atoms with Crippen LogP contribution in [0, 0.1) is 0 Å². The topological polar surface area (TPSA) is 45.4 Å². The van der Waals surface area contributed by atoms with E-state index in [4.69, 9.17) is 11.6 Å². The Morgan fingerprint density at radius 1 is 1.32 bits per heavy atom. The van der Waals surface area contributed by atoms with Crippen molar-refractivity contribution in [2.45, 2.75) is 6.92 Å². The van der Waals surface area contributed by atoms with Gasteiger partial charge >= 0.3 is 0 Å². The molecule has 0 aliphatic heterocycles. The molecule has 0 atom stereocenters. The normalized spacial score (nSPS) is 12.4. The molecule has 0 spiro atoms. The summed E-state index contributed by atoms with van der Waals surface area (Å²) in [5.41, 5.74) is 2.94. The van der Waals surface area contributed by atoms with Gasteiger partial charge in [-0.2, -0.15) is 5.10 Å². The molecule has 2 heterocycles. The predicted molar refractivity (Wildman–Crippen MR) is 92.6 cm³/mol. The molecule has 1 aromatic carbocycles. The number of benzene rings is 1. The van der Waals surface area contributed by atoms with Crippen LogP contribution >= 0.6 is 22.9 Å². The first-order valence-corrected chi connectivity index (χ1v) is 8.18. The molecule has 1 N–H and O–H groups in total. The standard InChI is InChI=1S/C16H15ClN4S/c1-2-18-16-21(20-10-14-7-4-8-19-14)15(11-22-16)12-5-3-6-13(17)9-12/h3-11,19H,2H2,1H3. The van der Waals surface area contributed by atoms with E-state index in [1.165, 1.54) is 0 Å². The highest BCUT2D eigenvalue weighted by Crippen LogP contribution is 2.23. The van der Waals surface area contributed by atoms with Crippen molar-refractivity contribution in [3.63, 3.8) is 0 Å². The van der Waals surface area contributed by atoms with Crippen LogP contribution in [-0.4, -0.2) is 22.4 Å². The van der Waals surface area contributed by atoms with E-state index in [-0.39, 0.29) is 0 Å². The molecule has 0 amide bonds. The highest BCUT2D eigenvalue weighted by Gasteiger charge is 2.07. The van der Waals surface area contributed by atoms with Gasteiger partial charge in [0, 0.05) is 28.7 Å². The maximum absolute atomic E-state index is 6.10. The number of thiazole rings is 1. The second kappa shape index (κ2) is 6.77. The molecule has 3 aromatic rings. The lowest BCUT2D eigenvalue weighted by Gasteiger charge is -2.03. The number of aromatic nitrogens is 2. The van der Waals surface area contributed by atoms with E-state index >= 15 is 0 Å². The van der Waals surface area contributed by atoms with Gasteiger partial charge in [0.05, 0.1) is 17.6 Å². The van der Waals surface area contributed by atoms with Crippen LogP contribution in [0.4, 0.5) is 0 Å². The molecular formula is C16H15ClN4S. The van der Waals surface area contributed by atoms with E-state index in [9.17, 15) is 0 Å². The average Bonchev–Trinajstić information content (AvgIpc) is 3.15. The highest BCUT2D eigenvalue weighted by molar-refractivity contribution is 7.07. The van der Waals surface area contributed by atoms with Gasteiger partial charge in [0.2, 0.25) is 4.80 Å². The van der Waals surface area contributed by atoms with Gasteiger partial charge in [-0.3, -0.25) is 4.99 Å². The van der Waals surface area contributed by atoms with Crippen LogP contribution in [0.15, 0.2) is 58.1 Å². The molecule has 0 unspecified atom stereocenters. The Bertz CT molecular complexity index is 843. The van der Waals surface area contributed by atoms with Crippen molar-refractivity contribution in [2.75, 3.05) is 6.54 Å². The van der Waals surface area contributed by atoms with Crippen molar-refractivity contribution >= 4 is 29.2 Å². The van der Waals surface area contributed by atoms with E-state index in [2.05, 4.69) is 15.1 Å². The third-order valence-corrected chi connectivity index (χ3v) is 4.12. The van der Waals surface area contributed by atoms with Crippen LogP contribution in [0.1, 0.15) is 12.6 Å². The fraction of sp³-hybridized carbons (Fsp3) is 0.125. The summed E-state index contributed by atoms with van der Waals surface area (Å²) in [7, 11) is 0. The number of nitrogens with one attached hydrogen (secondary N) is 1. The van der Waals surface area contributed by atoms with Crippen LogP contribution < -0.4 is 4.80 Å². The molecule has 0 radical (unpaired) electrons. The van der Waals surface area contributed by atoms with Crippen LogP contribution in [0.2, 0.25) is 5.02 Å². The Labute approximate surface area is 137 Å². The van der Waals surface area contributed by atoms with E-state index in [0.717, 1.165) is 21.8 Å². The third-order valence-electron chi connectivity index (χ3n) is 3.03. The summed E-state index contributed by atoms with van der Waals surface area (Å²) < 4.78 is 1.85. The summed E-state index contributed by atoms with van der Waals surface area (Å²) in [5.74, 6) is 0. The summed E-state index contributed by atoms with van der Waals surface area (Å²) in [5, 5.41) is 7.32. The number of halogens is 1. The lowest BCUT2D eigenvalue weighted by molar-refractivity contribution is 0.832. The maximum atomic E-state index is 6.10. The van der Waals surface area contributed by atoms with Gasteiger partial charge in [-0.25, -0.2) is 4.68 Å². The molecule has 4 nitrogen and oxygen atoms in total. The molecule has 3 rings (SSSR count). The zero-order valence-corrected chi connectivity index (χ0v) is 13.6. The van der Waals surface area contributed by atoms with Crippen LogP contribution in [0.5, 0.6) is 0 Å². The van der Waals surface area contributed by atoms with Crippen LogP contribution in [-0.2, 0) is 0 Å². The molecular weight excluding hydrogens is 316 g/mol. The van der Waals surface area contributed by atoms with E-state index < -0.39 is 0 Å². The first kappa shape index (κ1) is 14.8. The zero-order chi connectivity index (χ0) is 15.4. The fourth-order valence-electron chi connectivity index (χ4n) is 2.05. The summed E-state index contributed by atoms with van der Waals surface area (Å²) in [6.07, 6.45) is 3.66. The Morgan fingerprint density at radius 3 is 2.95 bits per heavy atom. The fourth-order valence-corrected chi connectivity index (χ4v) is 3.14. The molecule has 112 valence electrons. The van der Waals surface area contributed by atoms with Gasteiger partial charge in [-0.15, -0.1) is 11.3 Å². The Balaban J connectivity index is 2.09. The van der Waals surface area contributed by atoms with E-state index in [0.29, 0.717) is 11.6 Å². The summed E-state index contributed by atoms with van der Waals surface area (Å²) in [6.45, 7) is 2.73. The maximum Gasteiger partial charge on any atom is 0.206 e. The summed E-state index contributed by atoms with van der Waals surface area (Å²) >= 11 is 7.67. The molecule has 2 aromatic heterocycles. The van der Waals surface area contributed by atoms with Gasteiger partial charge in [-0.05, 0) is 31.2 Å². The van der Waals surface area contributed by atoms with Crippen molar-refractivity contribution in [3.8, 4) is 11.3 Å². The van der Waals surface area contributed by atoms with Crippen molar-refractivity contribution in [1.82, 2.24) is 9.66 Å².